The summed E-state index contributed by atoms with van der Waals surface area (Å²) in [5, 5.41) is 54.2. The first-order valence-corrected chi connectivity index (χ1v) is 7.14. The highest BCUT2D eigenvalue weighted by Crippen LogP contribution is 2.32. The van der Waals surface area contributed by atoms with E-state index in [0.717, 1.165) is 18.2 Å². The van der Waals surface area contributed by atoms with E-state index in [0.29, 0.717) is 0 Å². The van der Waals surface area contributed by atoms with Crippen LogP contribution in [0.15, 0.2) is 18.2 Å². The number of aliphatic hydroxyl groups is 3. The van der Waals surface area contributed by atoms with Crippen molar-refractivity contribution >= 4 is 17.1 Å². The summed E-state index contributed by atoms with van der Waals surface area (Å²) in [7, 11) is 1.24. The lowest BCUT2D eigenvalue weighted by Crippen LogP contribution is -2.61. The van der Waals surface area contributed by atoms with Crippen LogP contribution in [-0.4, -0.2) is 69.5 Å². The number of nitrogens with zero attached hydrogens (tertiary/aromatic N) is 2. The quantitative estimate of drug-likeness (QED) is 0.377. The maximum absolute atomic E-state index is 11.2. The average Bonchev–Trinajstić information content (AvgIpc) is 2.58. The van der Waals surface area contributed by atoms with Crippen LogP contribution in [0.4, 0.5) is 17.1 Å². The number of rotatable bonds is 6. The van der Waals surface area contributed by atoms with Gasteiger partial charge in [0.25, 0.3) is 11.4 Å². The molecule has 138 valence electrons. The van der Waals surface area contributed by atoms with Crippen LogP contribution in [-0.2, 0) is 9.47 Å². The van der Waals surface area contributed by atoms with Crippen molar-refractivity contribution in [2.45, 2.75) is 30.6 Å². The van der Waals surface area contributed by atoms with Gasteiger partial charge in [0.15, 0.2) is 6.29 Å². The Morgan fingerprint density at radius 1 is 1.24 bits per heavy atom. The second-order valence-corrected chi connectivity index (χ2v) is 5.33. The van der Waals surface area contributed by atoms with Gasteiger partial charge in [-0.3, -0.25) is 20.2 Å². The molecule has 1 aliphatic rings. The van der Waals surface area contributed by atoms with Gasteiger partial charge in [-0.1, -0.05) is 0 Å². The second-order valence-electron chi connectivity index (χ2n) is 5.33. The molecular formula is C13H17N3O9. The van der Waals surface area contributed by atoms with Gasteiger partial charge in [-0.05, 0) is 6.07 Å². The van der Waals surface area contributed by atoms with Crippen molar-refractivity contribution < 1.29 is 34.6 Å². The van der Waals surface area contributed by atoms with E-state index in [1.807, 2.05) is 0 Å². The van der Waals surface area contributed by atoms with Crippen LogP contribution in [0.5, 0.6) is 0 Å². The van der Waals surface area contributed by atoms with Crippen molar-refractivity contribution in [1.82, 2.24) is 0 Å². The summed E-state index contributed by atoms with van der Waals surface area (Å²) in [4.78, 5) is 20.3. The first-order chi connectivity index (χ1) is 11.8. The van der Waals surface area contributed by atoms with Crippen LogP contribution in [0, 0.1) is 20.2 Å². The Hall–Kier alpha value is -2.38. The average molecular weight is 359 g/mol. The van der Waals surface area contributed by atoms with Crippen LogP contribution in [0.1, 0.15) is 0 Å². The standard InChI is InChI=1S/C13H17N3O9/c1-24-13-12(19)10(11(18)9(5-17)25-13)14-7-3-2-6(15(20)21)4-8(7)16(22)23/h2-4,9-14,17-19H,5H2,1H3/t9-,10+,11+,12+,13-/m0/s1. The minimum atomic E-state index is -1.42. The fourth-order valence-electron chi connectivity index (χ4n) is 2.54. The molecule has 1 aromatic carbocycles. The Morgan fingerprint density at radius 3 is 2.44 bits per heavy atom. The molecule has 1 aromatic rings. The first kappa shape index (κ1) is 19.0. The molecule has 0 saturated carbocycles. The number of nitro groups is 2. The normalized spacial score (nSPS) is 29.2. The van der Waals surface area contributed by atoms with E-state index >= 15 is 0 Å². The molecule has 12 nitrogen and oxygen atoms in total. The minimum absolute atomic E-state index is 0.146. The molecule has 0 spiro atoms. The van der Waals surface area contributed by atoms with Gasteiger partial charge in [0.1, 0.15) is 24.0 Å². The van der Waals surface area contributed by atoms with Gasteiger partial charge in [-0.2, -0.15) is 0 Å². The summed E-state index contributed by atoms with van der Waals surface area (Å²) >= 11 is 0. The number of methoxy groups -OCH3 is 1. The van der Waals surface area contributed by atoms with E-state index < -0.39 is 58.5 Å². The zero-order valence-electron chi connectivity index (χ0n) is 13.0. The van der Waals surface area contributed by atoms with Crippen molar-refractivity contribution in [1.29, 1.82) is 0 Å². The molecule has 4 N–H and O–H groups in total. The molecule has 0 radical (unpaired) electrons. The molecule has 12 heteroatoms. The third-order valence-electron chi connectivity index (χ3n) is 3.83. The summed E-state index contributed by atoms with van der Waals surface area (Å²) in [6.45, 7) is -0.575. The number of nitro benzene ring substituents is 2. The highest BCUT2D eigenvalue weighted by molar-refractivity contribution is 5.66. The number of benzene rings is 1. The molecule has 0 amide bonds. The summed E-state index contributed by atoms with van der Waals surface area (Å²) in [6, 6.07) is 1.72. The van der Waals surface area contributed by atoms with Gasteiger partial charge in [0, 0.05) is 13.2 Å². The fourth-order valence-corrected chi connectivity index (χ4v) is 2.54. The van der Waals surface area contributed by atoms with Crippen molar-refractivity contribution in [3.8, 4) is 0 Å². The number of non-ortho nitro benzene ring substituents is 1. The molecule has 25 heavy (non-hydrogen) atoms. The highest BCUT2D eigenvalue weighted by atomic mass is 16.7. The number of hydrogen-bond acceptors (Lipinski definition) is 10. The van der Waals surface area contributed by atoms with Gasteiger partial charge in [-0.15, -0.1) is 0 Å². The minimum Gasteiger partial charge on any atom is -0.394 e. The fraction of sp³-hybridized carbons (Fsp3) is 0.538. The Bertz CT molecular complexity index is 640. The zero-order chi connectivity index (χ0) is 18.7. The van der Waals surface area contributed by atoms with E-state index in [4.69, 9.17) is 9.47 Å². The molecule has 2 rings (SSSR count). The topological polar surface area (TPSA) is 177 Å². The van der Waals surface area contributed by atoms with Crippen molar-refractivity contribution in [2.75, 3.05) is 19.0 Å². The van der Waals surface area contributed by atoms with E-state index in [-0.39, 0.29) is 5.69 Å². The third kappa shape index (κ3) is 3.83. The van der Waals surface area contributed by atoms with E-state index in [1.165, 1.54) is 7.11 Å². The number of anilines is 1. The van der Waals surface area contributed by atoms with Crippen molar-refractivity contribution in [3.05, 3.63) is 38.4 Å². The van der Waals surface area contributed by atoms with Crippen LogP contribution in [0.25, 0.3) is 0 Å². The lowest BCUT2D eigenvalue weighted by atomic mass is 9.95. The maximum atomic E-state index is 11.2. The van der Waals surface area contributed by atoms with E-state index in [1.54, 1.807) is 0 Å². The molecular weight excluding hydrogens is 342 g/mol. The molecule has 0 unspecified atom stereocenters. The molecule has 1 fully saturated rings. The molecule has 1 saturated heterocycles. The van der Waals surface area contributed by atoms with Gasteiger partial charge in [0.05, 0.1) is 28.6 Å². The van der Waals surface area contributed by atoms with Crippen LogP contribution in [0.2, 0.25) is 0 Å². The van der Waals surface area contributed by atoms with Gasteiger partial charge >= 0.3 is 0 Å². The largest absolute Gasteiger partial charge is 0.394 e. The SMILES string of the molecule is CO[C@H]1O[C@@H](CO)[C@@H](O)[C@@H](Nc2ccc([N+](=O)[O-])cc2[N+](=O)[O-])[C@H]1O. The maximum Gasteiger partial charge on any atom is 0.299 e. The molecule has 0 aromatic heterocycles. The van der Waals surface area contributed by atoms with Gasteiger partial charge in [-0.25, -0.2) is 0 Å². The lowest BCUT2D eigenvalue weighted by Gasteiger charge is -2.42. The number of nitrogens with one attached hydrogen (secondary N) is 1. The Balaban J connectivity index is 2.35. The second kappa shape index (κ2) is 7.67. The van der Waals surface area contributed by atoms with Gasteiger partial charge in [0.2, 0.25) is 0 Å². The third-order valence-corrected chi connectivity index (χ3v) is 3.83. The van der Waals surface area contributed by atoms with Crippen molar-refractivity contribution in [3.63, 3.8) is 0 Å². The van der Waals surface area contributed by atoms with Crippen LogP contribution >= 0.6 is 0 Å². The molecule has 0 aliphatic carbocycles. The molecule has 1 heterocycles. The van der Waals surface area contributed by atoms with Crippen LogP contribution < -0.4 is 5.32 Å². The monoisotopic (exact) mass is 359 g/mol. The Kier molecular flexibility index (Phi) is 5.81. The van der Waals surface area contributed by atoms with Gasteiger partial charge < -0.3 is 30.1 Å². The summed E-state index contributed by atoms with van der Waals surface area (Å²) < 4.78 is 10.1. The first-order valence-electron chi connectivity index (χ1n) is 7.14. The van der Waals surface area contributed by atoms with E-state index in [9.17, 15) is 35.5 Å². The zero-order valence-corrected chi connectivity index (χ0v) is 13.0. The number of aliphatic hydroxyl groups excluding tert-OH is 3. The molecule has 1 aliphatic heterocycles. The van der Waals surface area contributed by atoms with Crippen molar-refractivity contribution in [2.24, 2.45) is 0 Å². The summed E-state index contributed by atoms with van der Waals surface area (Å²) in [5.74, 6) is 0. The molecule has 0 bridgehead atoms. The lowest BCUT2D eigenvalue weighted by molar-refractivity contribution is -0.393. The smallest absolute Gasteiger partial charge is 0.299 e. The molecule has 5 atom stereocenters. The predicted molar refractivity (Wildman–Crippen MR) is 81.9 cm³/mol. The van der Waals surface area contributed by atoms with Crippen LogP contribution in [0.3, 0.4) is 0 Å². The number of hydrogen-bond donors (Lipinski definition) is 4. The Labute approximate surface area is 140 Å². The number of ether oxygens (including phenoxy) is 2. The Morgan fingerprint density at radius 2 is 1.92 bits per heavy atom. The highest BCUT2D eigenvalue weighted by Gasteiger charge is 2.45. The summed E-state index contributed by atoms with van der Waals surface area (Å²) in [6.07, 6.45) is -5.11. The summed E-state index contributed by atoms with van der Waals surface area (Å²) in [5.41, 5.74) is -1.23. The predicted octanol–water partition coefficient (Wildman–Crippen LogP) is -0.631. The van der Waals surface area contributed by atoms with E-state index in [2.05, 4.69) is 5.32 Å².